The lowest BCUT2D eigenvalue weighted by molar-refractivity contribution is 0.255. The number of rotatable bonds is 9. The second-order valence-corrected chi connectivity index (χ2v) is 4.37. The Labute approximate surface area is 109 Å². The van der Waals surface area contributed by atoms with Gasteiger partial charge in [-0.05, 0) is 25.7 Å². The van der Waals surface area contributed by atoms with E-state index in [1.165, 1.54) is 0 Å². The first-order valence-corrected chi connectivity index (χ1v) is 6.70. The van der Waals surface area contributed by atoms with Gasteiger partial charge in [-0.2, -0.15) is 0 Å². The Balaban J connectivity index is 2.47. The van der Waals surface area contributed by atoms with Crippen LogP contribution in [0.5, 0.6) is 0 Å². The molecule has 0 fully saturated rings. The molecule has 3 N–H and O–H groups in total. The zero-order chi connectivity index (χ0) is 13.2. The second-order valence-electron chi connectivity index (χ2n) is 4.37. The SMILES string of the molecule is CCCC(CCO)CNc1cc(NCC)ncn1. The molecule has 1 unspecified atom stereocenters. The molecule has 0 aliphatic heterocycles. The molecule has 0 aliphatic carbocycles. The third-order valence-electron chi connectivity index (χ3n) is 2.83. The summed E-state index contributed by atoms with van der Waals surface area (Å²) in [7, 11) is 0. The van der Waals surface area contributed by atoms with E-state index < -0.39 is 0 Å². The van der Waals surface area contributed by atoms with Crippen LogP contribution in [0.3, 0.4) is 0 Å². The van der Waals surface area contributed by atoms with Crippen LogP contribution in [0.1, 0.15) is 33.1 Å². The summed E-state index contributed by atoms with van der Waals surface area (Å²) in [5.74, 6) is 2.17. The first-order valence-electron chi connectivity index (χ1n) is 6.70. The van der Waals surface area contributed by atoms with Gasteiger partial charge in [0.2, 0.25) is 0 Å². The third-order valence-corrected chi connectivity index (χ3v) is 2.83. The number of nitrogens with zero attached hydrogens (tertiary/aromatic N) is 2. The quantitative estimate of drug-likeness (QED) is 0.628. The van der Waals surface area contributed by atoms with Crippen LogP contribution in [-0.4, -0.2) is 34.8 Å². The van der Waals surface area contributed by atoms with Crippen molar-refractivity contribution < 1.29 is 5.11 Å². The molecule has 0 saturated carbocycles. The van der Waals surface area contributed by atoms with Crippen LogP contribution in [0.2, 0.25) is 0 Å². The van der Waals surface area contributed by atoms with Gasteiger partial charge in [-0.15, -0.1) is 0 Å². The van der Waals surface area contributed by atoms with Gasteiger partial charge in [0.05, 0.1) is 0 Å². The summed E-state index contributed by atoms with van der Waals surface area (Å²) in [4.78, 5) is 8.32. The second kappa shape index (κ2) is 8.69. The van der Waals surface area contributed by atoms with Crippen LogP contribution in [0.25, 0.3) is 0 Å². The predicted octanol–water partition coefficient (Wildman–Crippen LogP) is 2.12. The molecule has 5 nitrogen and oxygen atoms in total. The number of aliphatic hydroxyl groups is 1. The topological polar surface area (TPSA) is 70.1 Å². The molecule has 0 radical (unpaired) electrons. The fraction of sp³-hybridized carbons (Fsp3) is 0.692. The van der Waals surface area contributed by atoms with Crippen LogP contribution in [-0.2, 0) is 0 Å². The van der Waals surface area contributed by atoms with E-state index in [-0.39, 0.29) is 6.61 Å². The molecule has 0 amide bonds. The van der Waals surface area contributed by atoms with Crippen LogP contribution in [0, 0.1) is 5.92 Å². The van der Waals surface area contributed by atoms with Gasteiger partial charge >= 0.3 is 0 Å². The molecule has 1 atom stereocenters. The predicted molar refractivity (Wildman–Crippen MR) is 74.8 cm³/mol. The fourth-order valence-corrected chi connectivity index (χ4v) is 1.92. The zero-order valence-corrected chi connectivity index (χ0v) is 11.3. The average Bonchev–Trinajstić information content (AvgIpc) is 2.37. The van der Waals surface area contributed by atoms with Gasteiger partial charge in [-0.25, -0.2) is 9.97 Å². The van der Waals surface area contributed by atoms with E-state index in [0.29, 0.717) is 5.92 Å². The number of anilines is 2. The van der Waals surface area contributed by atoms with Crippen molar-refractivity contribution in [3.05, 3.63) is 12.4 Å². The highest BCUT2D eigenvalue weighted by Crippen LogP contribution is 2.13. The molecule has 1 aromatic rings. The van der Waals surface area contributed by atoms with Gasteiger partial charge in [0.1, 0.15) is 18.0 Å². The van der Waals surface area contributed by atoms with Gasteiger partial charge in [0.15, 0.2) is 0 Å². The minimum absolute atomic E-state index is 0.249. The highest BCUT2D eigenvalue weighted by atomic mass is 16.3. The minimum Gasteiger partial charge on any atom is -0.396 e. The highest BCUT2D eigenvalue weighted by molar-refractivity contribution is 5.46. The van der Waals surface area contributed by atoms with E-state index in [0.717, 1.165) is 44.0 Å². The molecular weight excluding hydrogens is 228 g/mol. The summed E-state index contributed by atoms with van der Waals surface area (Å²) in [6.45, 7) is 6.14. The van der Waals surface area contributed by atoms with E-state index >= 15 is 0 Å². The van der Waals surface area contributed by atoms with Crippen LogP contribution >= 0.6 is 0 Å². The van der Waals surface area contributed by atoms with Crippen molar-refractivity contribution in [2.45, 2.75) is 33.1 Å². The van der Waals surface area contributed by atoms with Crippen molar-refractivity contribution in [2.75, 3.05) is 30.3 Å². The van der Waals surface area contributed by atoms with E-state index in [1.807, 2.05) is 13.0 Å². The monoisotopic (exact) mass is 252 g/mol. The lowest BCUT2D eigenvalue weighted by atomic mass is 10.0. The summed E-state index contributed by atoms with van der Waals surface area (Å²) in [5.41, 5.74) is 0. The number of hydrogen-bond donors (Lipinski definition) is 3. The summed E-state index contributed by atoms with van der Waals surface area (Å²) in [6, 6.07) is 1.91. The number of aromatic nitrogens is 2. The lowest BCUT2D eigenvalue weighted by Crippen LogP contribution is -2.16. The molecule has 0 bridgehead atoms. The Morgan fingerprint density at radius 2 is 1.89 bits per heavy atom. The van der Waals surface area contributed by atoms with E-state index in [1.54, 1.807) is 6.33 Å². The van der Waals surface area contributed by atoms with Gasteiger partial charge in [0.25, 0.3) is 0 Å². The molecule has 1 heterocycles. The summed E-state index contributed by atoms with van der Waals surface area (Å²) >= 11 is 0. The highest BCUT2D eigenvalue weighted by Gasteiger charge is 2.07. The van der Waals surface area contributed by atoms with Crippen molar-refractivity contribution in [3.63, 3.8) is 0 Å². The molecule has 0 saturated heterocycles. The van der Waals surface area contributed by atoms with E-state index in [2.05, 4.69) is 27.5 Å². The molecule has 0 aromatic carbocycles. The maximum absolute atomic E-state index is 9.01. The Hall–Kier alpha value is -1.36. The fourth-order valence-electron chi connectivity index (χ4n) is 1.92. The van der Waals surface area contributed by atoms with Gasteiger partial charge in [-0.1, -0.05) is 13.3 Å². The van der Waals surface area contributed by atoms with Gasteiger partial charge < -0.3 is 15.7 Å². The van der Waals surface area contributed by atoms with Gasteiger partial charge in [0, 0.05) is 25.8 Å². The van der Waals surface area contributed by atoms with Crippen LogP contribution in [0.15, 0.2) is 12.4 Å². The van der Waals surface area contributed by atoms with Gasteiger partial charge in [-0.3, -0.25) is 0 Å². The molecule has 5 heteroatoms. The lowest BCUT2D eigenvalue weighted by Gasteiger charge is -2.16. The van der Waals surface area contributed by atoms with Crippen molar-refractivity contribution >= 4 is 11.6 Å². The molecule has 0 aliphatic rings. The maximum Gasteiger partial charge on any atom is 0.131 e. The standard InChI is InChI=1S/C13H24N4O/c1-3-5-11(6-7-18)9-15-13-8-12(14-4-2)16-10-17-13/h8,10-11,18H,3-7,9H2,1-2H3,(H2,14,15,16,17). The normalized spacial score (nSPS) is 12.2. The van der Waals surface area contributed by atoms with Crippen LogP contribution < -0.4 is 10.6 Å². The number of hydrogen-bond acceptors (Lipinski definition) is 5. The summed E-state index contributed by atoms with van der Waals surface area (Å²) < 4.78 is 0. The van der Waals surface area contributed by atoms with Crippen LogP contribution in [0.4, 0.5) is 11.6 Å². The minimum atomic E-state index is 0.249. The Kier molecular flexibility index (Phi) is 7.10. The molecule has 18 heavy (non-hydrogen) atoms. The largest absolute Gasteiger partial charge is 0.396 e. The average molecular weight is 252 g/mol. The number of nitrogens with one attached hydrogen (secondary N) is 2. The van der Waals surface area contributed by atoms with Crippen molar-refractivity contribution in [1.29, 1.82) is 0 Å². The van der Waals surface area contributed by atoms with E-state index in [9.17, 15) is 0 Å². The Morgan fingerprint density at radius 1 is 1.17 bits per heavy atom. The molecule has 1 aromatic heterocycles. The summed E-state index contributed by atoms with van der Waals surface area (Å²) in [6.07, 6.45) is 4.66. The Morgan fingerprint density at radius 3 is 2.50 bits per heavy atom. The molecule has 102 valence electrons. The molecule has 1 rings (SSSR count). The smallest absolute Gasteiger partial charge is 0.131 e. The zero-order valence-electron chi connectivity index (χ0n) is 11.3. The molecule has 0 spiro atoms. The third kappa shape index (κ3) is 5.31. The maximum atomic E-state index is 9.01. The first kappa shape index (κ1) is 14.7. The number of aliphatic hydroxyl groups excluding tert-OH is 1. The Bertz CT molecular complexity index is 327. The van der Waals surface area contributed by atoms with Crippen molar-refractivity contribution in [2.24, 2.45) is 5.92 Å². The first-order chi connectivity index (χ1) is 8.80. The van der Waals surface area contributed by atoms with Crippen molar-refractivity contribution in [3.8, 4) is 0 Å². The van der Waals surface area contributed by atoms with E-state index in [4.69, 9.17) is 5.11 Å². The molecular formula is C13H24N4O. The summed E-state index contributed by atoms with van der Waals surface area (Å²) in [5, 5.41) is 15.5. The van der Waals surface area contributed by atoms with Crippen molar-refractivity contribution in [1.82, 2.24) is 9.97 Å².